The van der Waals surface area contributed by atoms with Gasteiger partial charge in [0.25, 0.3) is 0 Å². The number of nitrogens with zero attached hydrogens (tertiary/aromatic N) is 4. The summed E-state index contributed by atoms with van der Waals surface area (Å²) in [5.41, 5.74) is 0. The van der Waals surface area contributed by atoms with Gasteiger partial charge in [-0.3, -0.25) is 14.8 Å². The van der Waals surface area contributed by atoms with Gasteiger partial charge in [-0.15, -0.1) is 35.3 Å². The molecule has 184 valence electrons. The summed E-state index contributed by atoms with van der Waals surface area (Å²) in [6.07, 6.45) is 2.60. The molecule has 2 aliphatic rings. The number of rotatable bonds is 8. The maximum atomic E-state index is 4.54. The molecular formula is C24H45IN6S. The van der Waals surface area contributed by atoms with Gasteiger partial charge < -0.3 is 15.5 Å². The number of hydrogen-bond donors (Lipinski definition) is 2. The highest BCUT2D eigenvalue weighted by molar-refractivity contribution is 14.0. The zero-order chi connectivity index (χ0) is 22.2. The fraction of sp³-hybridized carbons (Fsp3) is 0.792. The third kappa shape index (κ3) is 8.11. The summed E-state index contributed by atoms with van der Waals surface area (Å²) in [5, 5.41) is 9.49. The van der Waals surface area contributed by atoms with Gasteiger partial charge in [0.15, 0.2) is 5.96 Å². The first kappa shape index (κ1) is 27.8. The molecule has 1 aromatic rings. The second-order valence-electron chi connectivity index (χ2n) is 9.73. The van der Waals surface area contributed by atoms with Crippen molar-refractivity contribution in [3.63, 3.8) is 0 Å². The van der Waals surface area contributed by atoms with Crippen LogP contribution < -0.4 is 10.6 Å². The molecule has 0 saturated carbocycles. The third-order valence-corrected chi connectivity index (χ3v) is 8.05. The van der Waals surface area contributed by atoms with Crippen molar-refractivity contribution in [2.75, 3.05) is 66.5 Å². The van der Waals surface area contributed by atoms with Crippen LogP contribution in [0.2, 0.25) is 0 Å². The lowest BCUT2D eigenvalue weighted by Crippen LogP contribution is -2.55. The van der Waals surface area contributed by atoms with Crippen LogP contribution in [0, 0.1) is 11.8 Å². The van der Waals surface area contributed by atoms with E-state index in [0.717, 1.165) is 51.1 Å². The standard InChI is InChI=1S/C24H44N6S.HI/c1-19(2)21(30-14-12-28(5)13-15-30)17-26-24(25-4)27-18-22(23-7-6-16-31-23)29-10-8-20(3)9-11-29;/h6-7,16,19-22H,8-15,17-18H2,1-5H3,(H2,25,26,27);1H. The molecule has 2 N–H and O–H groups in total. The number of hydrogen-bond acceptors (Lipinski definition) is 5. The summed E-state index contributed by atoms with van der Waals surface area (Å²) in [5.74, 6) is 2.39. The average Bonchev–Trinajstić information content (AvgIpc) is 3.29. The quantitative estimate of drug-likeness (QED) is 0.282. The van der Waals surface area contributed by atoms with Crippen LogP contribution in [0.5, 0.6) is 0 Å². The summed E-state index contributed by atoms with van der Waals surface area (Å²) in [6, 6.07) is 5.41. The molecule has 2 aliphatic heterocycles. The maximum Gasteiger partial charge on any atom is 0.191 e. The molecule has 0 aromatic carbocycles. The number of likely N-dealkylation sites (N-methyl/N-ethyl adjacent to an activating group) is 1. The zero-order valence-corrected chi connectivity index (χ0v) is 23.9. The molecule has 2 unspecified atom stereocenters. The van der Waals surface area contributed by atoms with E-state index in [1.165, 1.54) is 30.8 Å². The largest absolute Gasteiger partial charge is 0.355 e. The van der Waals surface area contributed by atoms with Crippen LogP contribution in [-0.2, 0) is 0 Å². The van der Waals surface area contributed by atoms with Crippen molar-refractivity contribution < 1.29 is 0 Å². The first-order chi connectivity index (χ1) is 15.0. The van der Waals surface area contributed by atoms with Crippen molar-refractivity contribution in [2.45, 2.75) is 45.7 Å². The Bertz CT molecular complexity index is 651. The average molecular weight is 577 g/mol. The molecule has 2 atom stereocenters. The van der Waals surface area contributed by atoms with Crippen LogP contribution in [0.3, 0.4) is 0 Å². The van der Waals surface area contributed by atoms with E-state index in [2.05, 4.69) is 75.7 Å². The number of piperidine rings is 1. The molecule has 2 fully saturated rings. The highest BCUT2D eigenvalue weighted by Gasteiger charge is 2.27. The smallest absolute Gasteiger partial charge is 0.191 e. The molecule has 32 heavy (non-hydrogen) atoms. The fourth-order valence-corrected chi connectivity index (χ4v) is 5.65. The fourth-order valence-electron chi connectivity index (χ4n) is 4.79. The van der Waals surface area contributed by atoms with Gasteiger partial charge in [-0.05, 0) is 56.3 Å². The Morgan fingerprint density at radius 1 is 1.06 bits per heavy atom. The Hall–Kier alpha value is -0.420. The number of aliphatic imine (C=N–C) groups is 1. The molecule has 3 rings (SSSR count). The number of likely N-dealkylation sites (tertiary alicyclic amines) is 1. The molecule has 0 aliphatic carbocycles. The molecule has 3 heterocycles. The van der Waals surface area contributed by atoms with Crippen LogP contribution in [0.4, 0.5) is 0 Å². The Morgan fingerprint density at radius 3 is 2.28 bits per heavy atom. The van der Waals surface area contributed by atoms with Gasteiger partial charge in [0.1, 0.15) is 0 Å². The maximum absolute atomic E-state index is 4.54. The van der Waals surface area contributed by atoms with Gasteiger partial charge in [0.2, 0.25) is 0 Å². The Kier molecular flexibility index (Phi) is 12.2. The minimum atomic E-state index is 0. The van der Waals surface area contributed by atoms with Gasteiger partial charge in [0, 0.05) is 57.2 Å². The lowest BCUT2D eigenvalue weighted by Gasteiger charge is -2.40. The first-order valence-electron chi connectivity index (χ1n) is 12.1. The lowest BCUT2D eigenvalue weighted by atomic mass is 9.97. The second kappa shape index (κ2) is 14.1. The second-order valence-corrected chi connectivity index (χ2v) is 10.7. The van der Waals surface area contributed by atoms with E-state index < -0.39 is 0 Å². The number of nitrogens with one attached hydrogen (secondary N) is 2. The van der Waals surface area contributed by atoms with Crippen LogP contribution in [0.25, 0.3) is 0 Å². The minimum absolute atomic E-state index is 0. The number of piperazine rings is 1. The van der Waals surface area contributed by atoms with Gasteiger partial charge in [-0.25, -0.2) is 0 Å². The summed E-state index contributed by atoms with van der Waals surface area (Å²) >= 11 is 1.87. The summed E-state index contributed by atoms with van der Waals surface area (Å²) in [6.45, 7) is 15.9. The van der Waals surface area contributed by atoms with E-state index in [1.807, 2.05) is 18.4 Å². The van der Waals surface area contributed by atoms with Crippen LogP contribution in [0.15, 0.2) is 22.5 Å². The topological polar surface area (TPSA) is 46.1 Å². The van der Waals surface area contributed by atoms with Crippen LogP contribution in [0.1, 0.15) is 44.5 Å². The van der Waals surface area contributed by atoms with Crippen molar-refractivity contribution in [2.24, 2.45) is 16.8 Å². The predicted molar refractivity (Wildman–Crippen MR) is 150 cm³/mol. The predicted octanol–water partition coefficient (Wildman–Crippen LogP) is 3.58. The molecule has 0 bridgehead atoms. The van der Waals surface area contributed by atoms with E-state index >= 15 is 0 Å². The minimum Gasteiger partial charge on any atom is -0.355 e. The zero-order valence-electron chi connectivity index (χ0n) is 20.7. The molecular weight excluding hydrogens is 531 g/mol. The van der Waals surface area contributed by atoms with Gasteiger partial charge in [-0.2, -0.15) is 0 Å². The van der Waals surface area contributed by atoms with E-state index in [-0.39, 0.29) is 24.0 Å². The Balaban J connectivity index is 0.00000363. The van der Waals surface area contributed by atoms with Crippen molar-refractivity contribution in [1.82, 2.24) is 25.3 Å². The van der Waals surface area contributed by atoms with Gasteiger partial charge in [0.05, 0.1) is 6.04 Å². The normalized spacial score (nSPS) is 21.9. The summed E-state index contributed by atoms with van der Waals surface area (Å²) < 4.78 is 0. The van der Waals surface area contributed by atoms with E-state index in [0.29, 0.717) is 18.0 Å². The molecule has 0 spiro atoms. The monoisotopic (exact) mass is 576 g/mol. The van der Waals surface area contributed by atoms with E-state index in [9.17, 15) is 0 Å². The van der Waals surface area contributed by atoms with Crippen molar-refractivity contribution in [1.29, 1.82) is 0 Å². The van der Waals surface area contributed by atoms with Crippen LogP contribution in [-0.4, -0.2) is 93.2 Å². The Labute approximate surface area is 217 Å². The first-order valence-corrected chi connectivity index (χ1v) is 13.0. The molecule has 6 nitrogen and oxygen atoms in total. The highest BCUT2D eigenvalue weighted by atomic mass is 127. The lowest BCUT2D eigenvalue weighted by molar-refractivity contribution is 0.0899. The van der Waals surface area contributed by atoms with Crippen molar-refractivity contribution in [3.05, 3.63) is 22.4 Å². The number of guanidine groups is 1. The molecule has 0 radical (unpaired) electrons. The van der Waals surface area contributed by atoms with Gasteiger partial charge >= 0.3 is 0 Å². The van der Waals surface area contributed by atoms with E-state index in [4.69, 9.17) is 0 Å². The van der Waals surface area contributed by atoms with Gasteiger partial charge in [-0.1, -0.05) is 26.8 Å². The Morgan fingerprint density at radius 2 is 1.72 bits per heavy atom. The molecule has 2 saturated heterocycles. The molecule has 1 aromatic heterocycles. The van der Waals surface area contributed by atoms with Crippen molar-refractivity contribution >= 4 is 41.3 Å². The summed E-state index contributed by atoms with van der Waals surface area (Å²) in [4.78, 5) is 13.7. The SMILES string of the molecule is CN=C(NCC(c1cccs1)N1CCC(C)CC1)NCC(C(C)C)N1CCN(C)CC1.I. The molecule has 0 amide bonds. The van der Waals surface area contributed by atoms with E-state index in [1.54, 1.807) is 0 Å². The molecule has 8 heteroatoms. The highest BCUT2D eigenvalue weighted by Crippen LogP contribution is 2.29. The third-order valence-electron chi connectivity index (χ3n) is 7.07. The van der Waals surface area contributed by atoms with Crippen LogP contribution >= 0.6 is 35.3 Å². The number of thiophene rings is 1. The van der Waals surface area contributed by atoms with Crippen molar-refractivity contribution in [3.8, 4) is 0 Å². The summed E-state index contributed by atoms with van der Waals surface area (Å²) in [7, 11) is 4.11. The number of halogens is 1.